The standard InChI is InChI=1S/C73H57N9/c1-72(2,3)52-36-39-62-57(44-52)54-31-19-21-33-60(54)81(62)64-42-51(43-65(74-64)82-61-34-22-20-32-55(61)58-45-53(73(4,5)6)37-40-63(58)82)50-35-38-56(70-77-66(46-23-11-7-12-24-46)75-67(78-70)47-25-13-8-14-26-47)59(41-50)71-79-68(48-27-15-9-16-28-48)76-69(80-71)49-29-17-10-18-30-49/h7-45H,1-6H3. The molecule has 5 heterocycles. The van der Waals surface area contributed by atoms with Crippen LogP contribution in [0.1, 0.15) is 52.7 Å². The van der Waals surface area contributed by atoms with Crippen LogP contribution < -0.4 is 0 Å². The zero-order chi connectivity index (χ0) is 55.7. The summed E-state index contributed by atoms with van der Waals surface area (Å²) < 4.78 is 4.66. The van der Waals surface area contributed by atoms with Crippen LogP contribution in [0.25, 0.3) is 135 Å². The average Bonchev–Trinajstić information content (AvgIpc) is 2.56. The van der Waals surface area contributed by atoms with Crippen molar-refractivity contribution in [3.63, 3.8) is 0 Å². The van der Waals surface area contributed by atoms with Gasteiger partial charge in [-0.25, -0.2) is 34.9 Å². The molecule has 0 spiro atoms. The van der Waals surface area contributed by atoms with E-state index < -0.39 is 0 Å². The Labute approximate surface area is 476 Å². The summed E-state index contributed by atoms with van der Waals surface area (Å²) in [6.07, 6.45) is 0. The molecule has 9 nitrogen and oxygen atoms in total. The number of fused-ring (bicyclic) bond motifs is 6. The minimum Gasteiger partial charge on any atom is -0.294 e. The summed E-state index contributed by atoms with van der Waals surface area (Å²) in [5, 5.41) is 4.68. The third-order valence-electron chi connectivity index (χ3n) is 15.6. The highest BCUT2D eigenvalue weighted by molar-refractivity contribution is 6.11. The maximum Gasteiger partial charge on any atom is 0.164 e. The summed E-state index contributed by atoms with van der Waals surface area (Å²) in [5.41, 5.74) is 13.5. The van der Waals surface area contributed by atoms with Gasteiger partial charge in [-0.1, -0.05) is 217 Å². The minimum absolute atomic E-state index is 0.0498. The number of aromatic nitrogens is 9. The van der Waals surface area contributed by atoms with Gasteiger partial charge in [0.25, 0.3) is 0 Å². The van der Waals surface area contributed by atoms with Crippen molar-refractivity contribution in [2.24, 2.45) is 0 Å². The van der Waals surface area contributed by atoms with Crippen LogP contribution >= 0.6 is 0 Å². The molecule has 0 fully saturated rings. The maximum absolute atomic E-state index is 5.77. The second kappa shape index (κ2) is 19.8. The van der Waals surface area contributed by atoms with Crippen molar-refractivity contribution in [1.82, 2.24) is 44.0 Å². The van der Waals surface area contributed by atoms with Gasteiger partial charge in [0.15, 0.2) is 34.9 Å². The van der Waals surface area contributed by atoms with Gasteiger partial charge in [-0.3, -0.25) is 9.13 Å². The van der Waals surface area contributed by atoms with Crippen LogP contribution in [0.5, 0.6) is 0 Å². The molecule has 0 bridgehead atoms. The van der Waals surface area contributed by atoms with Crippen molar-refractivity contribution in [3.8, 4) is 91.1 Å². The molecule has 0 radical (unpaired) electrons. The highest BCUT2D eigenvalue weighted by atomic mass is 15.1. The van der Waals surface area contributed by atoms with Crippen LogP contribution in [0.2, 0.25) is 0 Å². The molecule has 0 aliphatic heterocycles. The molecule has 14 aromatic rings. The van der Waals surface area contributed by atoms with Gasteiger partial charge in [0.1, 0.15) is 11.6 Å². The van der Waals surface area contributed by atoms with Gasteiger partial charge < -0.3 is 0 Å². The Morgan fingerprint density at radius 1 is 0.244 bits per heavy atom. The molecular weight excluding hydrogens is 1000 g/mol. The smallest absolute Gasteiger partial charge is 0.164 e. The fraction of sp³-hybridized carbons (Fsp3) is 0.110. The molecule has 14 rings (SSSR count). The van der Waals surface area contributed by atoms with E-state index in [1.807, 2.05) is 121 Å². The van der Waals surface area contributed by atoms with E-state index in [2.05, 4.69) is 166 Å². The first-order chi connectivity index (χ1) is 39.9. The zero-order valence-corrected chi connectivity index (χ0v) is 46.5. The van der Waals surface area contributed by atoms with Crippen LogP contribution in [0.15, 0.2) is 237 Å². The molecule has 0 amide bonds. The minimum atomic E-state index is -0.0498. The Balaban J connectivity index is 1.07. The van der Waals surface area contributed by atoms with E-state index in [-0.39, 0.29) is 10.8 Å². The van der Waals surface area contributed by atoms with E-state index in [9.17, 15) is 0 Å². The SMILES string of the molecule is CC(C)(C)c1ccc2c(c1)c1ccccc1n2-c1cc(-c2ccc(-c3nc(-c4ccccc4)nc(-c4ccccc4)n3)c(-c3nc(-c4ccccc4)nc(-c4ccccc4)n3)c2)cc(-n2c3ccccc3c3cc(C(C)(C)C)ccc32)n1. The van der Waals surface area contributed by atoms with E-state index in [0.29, 0.717) is 34.9 Å². The molecule has 9 aromatic carbocycles. The number of hydrogen-bond donors (Lipinski definition) is 0. The van der Waals surface area contributed by atoms with Crippen molar-refractivity contribution >= 4 is 43.6 Å². The summed E-state index contributed by atoms with van der Waals surface area (Å²) in [6.45, 7) is 13.6. The van der Waals surface area contributed by atoms with E-state index in [1.54, 1.807) is 0 Å². The molecule has 0 saturated carbocycles. The van der Waals surface area contributed by atoms with E-state index >= 15 is 0 Å². The van der Waals surface area contributed by atoms with E-state index in [1.165, 1.54) is 21.9 Å². The second-order valence-electron chi connectivity index (χ2n) is 23.1. The van der Waals surface area contributed by atoms with Gasteiger partial charge >= 0.3 is 0 Å². The molecule has 0 saturated heterocycles. The third-order valence-corrected chi connectivity index (χ3v) is 15.6. The van der Waals surface area contributed by atoms with Crippen LogP contribution in [-0.4, -0.2) is 44.0 Å². The van der Waals surface area contributed by atoms with Crippen LogP contribution in [0.4, 0.5) is 0 Å². The summed E-state index contributed by atoms with van der Waals surface area (Å²) in [5.74, 6) is 4.69. The number of para-hydroxylation sites is 2. The lowest BCUT2D eigenvalue weighted by Gasteiger charge is -2.20. The lowest BCUT2D eigenvalue weighted by atomic mass is 9.86. The van der Waals surface area contributed by atoms with Gasteiger partial charge in [-0.05, 0) is 93.7 Å². The Bertz CT molecular complexity index is 4480. The Hall–Kier alpha value is -10.3. The van der Waals surface area contributed by atoms with Gasteiger partial charge in [0.05, 0.1) is 22.1 Å². The Kier molecular flexibility index (Phi) is 12.1. The van der Waals surface area contributed by atoms with Crippen LogP contribution in [0, 0.1) is 0 Å². The summed E-state index contributed by atoms with van der Waals surface area (Å²) in [7, 11) is 0. The Morgan fingerprint density at radius 3 is 0.976 bits per heavy atom. The van der Waals surface area contributed by atoms with Crippen molar-refractivity contribution in [1.29, 1.82) is 0 Å². The average molecular weight is 1060 g/mol. The number of pyridine rings is 1. The van der Waals surface area contributed by atoms with E-state index in [0.717, 1.165) is 89.0 Å². The predicted octanol–water partition coefficient (Wildman–Crippen LogP) is 17.9. The van der Waals surface area contributed by atoms with Gasteiger partial charge in [0.2, 0.25) is 0 Å². The number of benzene rings is 9. The fourth-order valence-corrected chi connectivity index (χ4v) is 11.2. The molecule has 0 atom stereocenters. The second-order valence-corrected chi connectivity index (χ2v) is 23.1. The summed E-state index contributed by atoms with van der Waals surface area (Å²) in [4.78, 5) is 37.3. The third kappa shape index (κ3) is 9.06. The van der Waals surface area contributed by atoms with Crippen molar-refractivity contribution < 1.29 is 0 Å². The zero-order valence-electron chi connectivity index (χ0n) is 46.5. The molecule has 0 aliphatic rings. The van der Waals surface area contributed by atoms with Crippen molar-refractivity contribution in [3.05, 3.63) is 248 Å². The fourth-order valence-electron chi connectivity index (χ4n) is 11.2. The van der Waals surface area contributed by atoms with Gasteiger partial charge in [0, 0.05) is 54.9 Å². The maximum atomic E-state index is 5.77. The van der Waals surface area contributed by atoms with Crippen LogP contribution in [-0.2, 0) is 10.8 Å². The molecule has 0 N–H and O–H groups in total. The first kappa shape index (κ1) is 50.0. The number of nitrogens with zero attached hydrogens (tertiary/aromatic N) is 9. The molecule has 9 heteroatoms. The lowest BCUT2D eigenvalue weighted by molar-refractivity contribution is 0.591. The monoisotopic (exact) mass is 1060 g/mol. The molecule has 5 aromatic heterocycles. The highest BCUT2D eigenvalue weighted by Gasteiger charge is 2.25. The van der Waals surface area contributed by atoms with Gasteiger partial charge in [-0.2, -0.15) is 0 Å². The molecule has 82 heavy (non-hydrogen) atoms. The molecule has 394 valence electrons. The quantitative estimate of drug-likeness (QED) is 0.142. The lowest BCUT2D eigenvalue weighted by Crippen LogP contribution is -2.10. The molecular formula is C73H57N9. The van der Waals surface area contributed by atoms with Crippen molar-refractivity contribution in [2.75, 3.05) is 0 Å². The molecule has 0 aliphatic carbocycles. The first-order valence-electron chi connectivity index (χ1n) is 27.9. The largest absolute Gasteiger partial charge is 0.294 e. The van der Waals surface area contributed by atoms with E-state index in [4.69, 9.17) is 34.9 Å². The van der Waals surface area contributed by atoms with Crippen LogP contribution in [0.3, 0.4) is 0 Å². The summed E-state index contributed by atoms with van der Waals surface area (Å²) >= 11 is 0. The first-order valence-corrected chi connectivity index (χ1v) is 27.9. The highest BCUT2D eigenvalue weighted by Crippen LogP contribution is 2.42. The summed E-state index contributed by atoms with van der Waals surface area (Å²) in [6, 6.07) is 82.4. The van der Waals surface area contributed by atoms with Crippen molar-refractivity contribution in [2.45, 2.75) is 52.4 Å². The normalized spacial score (nSPS) is 12.0. The number of hydrogen-bond acceptors (Lipinski definition) is 7. The van der Waals surface area contributed by atoms with Gasteiger partial charge in [-0.15, -0.1) is 0 Å². The predicted molar refractivity (Wildman–Crippen MR) is 335 cm³/mol. The molecule has 0 unspecified atom stereocenters. The Morgan fingerprint density at radius 2 is 0.585 bits per heavy atom. The topological polar surface area (TPSA) is 100 Å². The number of rotatable bonds is 9.